The Morgan fingerprint density at radius 1 is 1.70 bits per heavy atom. The zero-order valence-electron chi connectivity index (χ0n) is 5.92. The number of rotatable bonds is 2. The summed E-state index contributed by atoms with van der Waals surface area (Å²) in [5.74, 6) is 0.811. The molecule has 0 spiro atoms. The standard InChI is InChI=1S/C7H8NOS/c1-9-6-5-8-4-3-7(6)10-2/h3,5H,1-2H3. The van der Waals surface area contributed by atoms with Crippen LogP contribution in [-0.4, -0.2) is 18.3 Å². The molecule has 0 atom stereocenters. The van der Waals surface area contributed by atoms with Crippen LogP contribution in [0.15, 0.2) is 17.2 Å². The van der Waals surface area contributed by atoms with Gasteiger partial charge >= 0.3 is 0 Å². The van der Waals surface area contributed by atoms with E-state index in [-0.39, 0.29) is 0 Å². The van der Waals surface area contributed by atoms with E-state index in [1.807, 2.05) is 12.3 Å². The summed E-state index contributed by atoms with van der Waals surface area (Å²) in [5, 5.41) is 0. The largest absolute Gasteiger partial charge is 0.494 e. The van der Waals surface area contributed by atoms with Crippen molar-refractivity contribution < 1.29 is 4.74 Å². The molecule has 1 heterocycles. The minimum atomic E-state index is 0.811. The van der Waals surface area contributed by atoms with Crippen molar-refractivity contribution >= 4 is 11.8 Å². The van der Waals surface area contributed by atoms with E-state index in [2.05, 4.69) is 11.2 Å². The van der Waals surface area contributed by atoms with Crippen LogP contribution in [0.2, 0.25) is 0 Å². The molecule has 1 radical (unpaired) electrons. The fourth-order valence-electron chi connectivity index (χ4n) is 0.639. The van der Waals surface area contributed by atoms with Gasteiger partial charge in [0, 0.05) is 0 Å². The third-order valence-corrected chi connectivity index (χ3v) is 1.89. The van der Waals surface area contributed by atoms with Gasteiger partial charge in [0.05, 0.1) is 24.4 Å². The van der Waals surface area contributed by atoms with Crippen LogP contribution in [0.4, 0.5) is 0 Å². The van der Waals surface area contributed by atoms with Gasteiger partial charge in [-0.25, -0.2) is 0 Å². The molecule has 53 valence electrons. The fraction of sp³-hybridized carbons (Fsp3) is 0.286. The molecule has 0 bridgehead atoms. The molecule has 0 aliphatic rings. The molecule has 1 aromatic rings. The number of methoxy groups -OCH3 is 1. The van der Waals surface area contributed by atoms with Crippen LogP contribution in [-0.2, 0) is 0 Å². The average Bonchev–Trinajstić information content (AvgIpc) is 2.04. The van der Waals surface area contributed by atoms with Crippen LogP contribution < -0.4 is 4.74 Å². The lowest BCUT2D eigenvalue weighted by atomic mass is 10.5. The van der Waals surface area contributed by atoms with E-state index >= 15 is 0 Å². The molecule has 2 nitrogen and oxygen atoms in total. The van der Waals surface area contributed by atoms with Crippen LogP contribution in [0, 0.1) is 6.20 Å². The summed E-state index contributed by atoms with van der Waals surface area (Å²) in [6.45, 7) is 0. The summed E-state index contributed by atoms with van der Waals surface area (Å²) in [7, 11) is 1.64. The highest BCUT2D eigenvalue weighted by Crippen LogP contribution is 2.24. The molecular weight excluding hydrogens is 146 g/mol. The molecule has 1 aromatic heterocycles. The van der Waals surface area contributed by atoms with Gasteiger partial charge in [-0.1, -0.05) is 0 Å². The van der Waals surface area contributed by atoms with Gasteiger partial charge in [0.1, 0.15) is 0 Å². The van der Waals surface area contributed by atoms with Crippen LogP contribution in [0.1, 0.15) is 0 Å². The third-order valence-electron chi connectivity index (χ3n) is 1.13. The Bertz CT molecular complexity index is 192. The van der Waals surface area contributed by atoms with E-state index in [1.54, 1.807) is 25.1 Å². The molecule has 0 saturated carbocycles. The van der Waals surface area contributed by atoms with Crippen LogP contribution in [0.3, 0.4) is 0 Å². The molecule has 1 rings (SSSR count). The number of aromatic nitrogens is 1. The smallest absolute Gasteiger partial charge is 0.150 e. The maximum atomic E-state index is 5.03. The van der Waals surface area contributed by atoms with Crippen molar-refractivity contribution in [2.45, 2.75) is 4.90 Å². The van der Waals surface area contributed by atoms with Crippen LogP contribution >= 0.6 is 11.8 Å². The maximum Gasteiger partial charge on any atom is 0.150 e. The molecule has 0 N–H and O–H groups in total. The maximum absolute atomic E-state index is 5.03. The predicted molar refractivity (Wildman–Crippen MR) is 41.4 cm³/mol. The average molecular weight is 154 g/mol. The lowest BCUT2D eigenvalue weighted by Gasteiger charge is -2.02. The molecule has 3 heteroatoms. The second-order valence-corrected chi connectivity index (χ2v) is 2.52. The Morgan fingerprint density at radius 3 is 3.00 bits per heavy atom. The highest BCUT2D eigenvalue weighted by atomic mass is 32.2. The van der Waals surface area contributed by atoms with Gasteiger partial charge in [0.2, 0.25) is 0 Å². The van der Waals surface area contributed by atoms with Crippen LogP contribution in [0.25, 0.3) is 0 Å². The number of thioether (sulfide) groups is 1. The molecule has 0 unspecified atom stereocenters. The van der Waals surface area contributed by atoms with Crippen molar-refractivity contribution in [1.29, 1.82) is 0 Å². The Morgan fingerprint density at radius 2 is 2.50 bits per heavy atom. The molecule has 0 aromatic carbocycles. The number of hydrogen-bond acceptors (Lipinski definition) is 3. The van der Waals surface area contributed by atoms with E-state index in [4.69, 9.17) is 4.74 Å². The van der Waals surface area contributed by atoms with Crippen molar-refractivity contribution in [1.82, 2.24) is 4.98 Å². The number of nitrogens with zero attached hydrogens (tertiary/aromatic N) is 1. The first-order valence-electron chi connectivity index (χ1n) is 2.82. The Hall–Kier alpha value is -0.700. The van der Waals surface area contributed by atoms with Crippen molar-refractivity contribution in [3.05, 3.63) is 18.5 Å². The Labute approximate surface area is 64.6 Å². The molecule has 0 amide bonds. The van der Waals surface area contributed by atoms with E-state index in [0.717, 1.165) is 10.6 Å². The minimum absolute atomic E-state index is 0.811. The highest BCUT2D eigenvalue weighted by molar-refractivity contribution is 7.98. The molecule has 10 heavy (non-hydrogen) atoms. The first-order chi connectivity index (χ1) is 4.88. The normalized spacial score (nSPS) is 9.40. The van der Waals surface area contributed by atoms with E-state index in [0.29, 0.717) is 0 Å². The predicted octanol–water partition coefficient (Wildman–Crippen LogP) is 1.61. The molecule has 0 aliphatic heterocycles. The molecular formula is C7H8NOS. The van der Waals surface area contributed by atoms with Gasteiger partial charge < -0.3 is 4.74 Å². The minimum Gasteiger partial charge on any atom is -0.494 e. The summed E-state index contributed by atoms with van der Waals surface area (Å²) < 4.78 is 5.03. The quantitative estimate of drug-likeness (QED) is 0.604. The zero-order chi connectivity index (χ0) is 7.40. The summed E-state index contributed by atoms with van der Waals surface area (Å²) in [6.07, 6.45) is 6.39. The monoisotopic (exact) mass is 154 g/mol. The van der Waals surface area contributed by atoms with Gasteiger partial charge in [-0.3, -0.25) is 4.98 Å². The molecule has 0 fully saturated rings. The van der Waals surface area contributed by atoms with Gasteiger partial charge in [-0.15, -0.1) is 11.8 Å². The lowest BCUT2D eigenvalue weighted by Crippen LogP contribution is -1.85. The third kappa shape index (κ3) is 1.42. The van der Waals surface area contributed by atoms with Gasteiger partial charge in [-0.05, 0) is 12.3 Å². The summed E-state index contributed by atoms with van der Waals surface area (Å²) >= 11 is 1.62. The second-order valence-electron chi connectivity index (χ2n) is 1.67. The van der Waals surface area contributed by atoms with E-state index in [9.17, 15) is 0 Å². The Kier molecular flexibility index (Phi) is 2.57. The highest BCUT2D eigenvalue weighted by Gasteiger charge is 1.97. The lowest BCUT2D eigenvalue weighted by molar-refractivity contribution is 0.402. The summed E-state index contributed by atoms with van der Waals surface area (Å²) in [4.78, 5) is 4.87. The van der Waals surface area contributed by atoms with Crippen molar-refractivity contribution in [3.8, 4) is 5.75 Å². The first-order valence-corrected chi connectivity index (χ1v) is 4.05. The first kappa shape index (κ1) is 7.41. The number of ether oxygens (including phenoxy) is 1. The molecule has 0 aliphatic carbocycles. The summed E-state index contributed by atoms with van der Waals surface area (Å²) in [5.41, 5.74) is 0. The number of pyridine rings is 1. The van der Waals surface area contributed by atoms with E-state index < -0.39 is 0 Å². The number of hydrogen-bond donors (Lipinski definition) is 0. The van der Waals surface area contributed by atoms with Gasteiger partial charge in [0.15, 0.2) is 5.75 Å². The topological polar surface area (TPSA) is 22.1 Å². The van der Waals surface area contributed by atoms with Crippen molar-refractivity contribution in [3.63, 3.8) is 0 Å². The Balaban J connectivity index is 2.96. The second kappa shape index (κ2) is 3.46. The summed E-state index contributed by atoms with van der Waals surface area (Å²) in [6, 6.07) is 1.81. The van der Waals surface area contributed by atoms with Crippen molar-refractivity contribution in [2.24, 2.45) is 0 Å². The van der Waals surface area contributed by atoms with Crippen LogP contribution in [0.5, 0.6) is 5.75 Å². The molecule has 0 saturated heterocycles. The SMILES string of the molecule is COc1cn[c]cc1SC. The zero-order valence-corrected chi connectivity index (χ0v) is 6.73. The van der Waals surface area contributed by atoms with E-state index in [1.165, 1.54) is 0 Å². The van der Waals surface area contributed by atoms with Crippen molar-refractivity contribution in [2.75, 3.05) is 13.4 Å². The van der Waals surface area contributed by atoms with Gasteiger partial charge in [0.25, 0.3) is 0 Å². The van der Waals surface area contributed by atoms with Gasteiger partial charge in [-0.2, -0.15) is 0 Å². The fourth-order valence-corrected chi connectivity index (χ4v) is 1.15.